The Bertz CT molecular complexity index is 1150. The molecule has 1 aromatic carbocycles. The quantitative estimate of drug-likeness (QED) is 0.386. The van der Waals surface area contributed by atoms with Gasteiger partial charge in [-0.3, -0.25) is 14.4 Å². The van der Waals surface area contributed by atoms with Gasteiger partial charge in [-0.2, -0.15) is 0 Å². The lowest BCUT2D eigenvalue weighted by atomic mass is 9.70. The fourth-order valence-electron chi connectivity index (χ4n) is 7.98. The molecule has 7 nitrogen and oxygen atoms in total. The maximum Gasteiger partial charge on any atom is 0.247 e. The molecule has 1 saturated carbocycles. The standard InChI is InChI=1S/C33H45N3O4S/c1-5-19-34(23-13-9-7-10-14-23)30(38)27-26-17-18-33(41-26)28(27)31(39)36(25(21-37)22(3)4)29(33)32(40)35(20-6-2)24-15-11-8-12-16-24/h5-7,9-10,13-14,22,24-29,37H,1-2,8,11-12,15-21H2,3-4H3/t25-,26+,27-,28-,29?,33?/m0/s1. The predicted octanol–water partition coefficient (Wildman–Crippen LogP) is 4.66. The van der Waals surface area contributed by atoms with Gasteiger partial charge in [0.15, 0.2) is 0 Å². The van der Waals surface area contributed by atoms with Crippen LogP contribution in [-0.4, -0.2) is 80.4 Å². The summed E-state index contributed by atoms with van der Waals surface area (Å²) >= 11 is 1.69. The smallest absolute Gasteiger partial charge is 0.247 e. The third-order valence-corrected chi connectivity index (χ3v) is 11.8. The van der Waals surface area contributed by atoms with Crippen LogP contribution in [0.25, 0.3) is 0 Å². The van der Waals surface area contributed by atoms with E-state index in [1.165, 1.54) is 6.42 Å². The van der Waals surface area contributed by atoms with E-state index in [4.69, 9.17) is 0 Å². The summed E-state index contributed by atoms with van der Waals surface area (Å²) in [6.07, 6.45) is 10.3. The molecule has 6 atom stereocenters. The molecule has 222 valence electrons. The molecule has 4 fully saturated rings. The van der Waals surface area contributed by atoms with Crippen molar-refractivity contribution in [1.29, 1.82) is 0 Å². The lowest BCUT2D eigenvalue weighted by molar-refractivity contribution is -0.148. The number of anilines is 1. The molecule has 0 aromatic heterocycles. The molecule has 41 heavy (non-hydrogen) atoms. The van der Waals surface area contributed by atoms with Gasteiger partial charge < -0.3 is 19.8 Å². The van der Waals surface area contributed by atoms with Gasteiger partial charge in [-0.05, 0) is 43.7 Å². The summed E-state index contributed by atoms with van der Waals surface area (Å²) in [4.78, 5) is 49.2. The number of carbonyl (C=O) groups excluding carboxylic acids is 3. The molecule has 1 spiro atoms. The molecule has 4 aliphatic rings. The van der Waals surface area contributed by atoms with Crippen LogP contribution in [0.15, 0.2) is 55.6 Å². The molecule has 1 aromatic rings. The Hall–Kier alpha value is -2.58. The molecule has 3 heterocycles. The number of amides is 3. The zero-order chi connectivity index (χ0) is 29.3. The molecule has 1 N–H and O–H groups in total. The topological polar surface area (TPSA) is 81.2 Å². The summed E-state index contributed by atoms with van der Waals surface area (Å²) in [6, 6.07) is 8.45. The van der Waals surface area contributed by atoms with Gasteiger partial charge in [0.05, 0.1) is 29.2 Å². The van der Waals surface area contributed by atoms with Crippen molar-refractivity contribution in [3.05, 3.63) is 55.6 Å². The summed E-state index contributed by atoms with van der Waals surface area (Å²) < 4.78 is -0.688. The molecule has 1 aliphatic carbocycles. The van der Waals surface area contributed by atoms with Crippen molar-refractivity contribution in [3.8, 4) is 0 Å². The zero-order valence-electron chi connectivity index (χ0n) is 24.5. The van der Waals surface area contributed by atoms with E-state index in [9.17, 15) is 19.5 Å². The first-order valence-corrected chi connectivity index (χ1v) is 16.2. The largest absolute Gasteiger partial charge is 0.394 e. The van der Waals surface area contributed by atoms with Crippen molar-refractivity contribution >= 4 is 35.2 Å². The Morgan fingerprint density at radius 1 is 1.07 bits per heavy atom. The highest BCUT2D eigenvalue weighted by Crippen LogP contribution is 2.67. The normalized spacial score (nSPS) is 29.9. The van der Waals surface area contributed by atoms with Crippen molar-refractivity contribution in [2.45, 2.75) is 86.9 Å². The maximum absolute atomic E-state index is 14.8. The molecular weight excluding hydrogens is 534 g/mol. The highest BCUT2D eigenvalue weighted by molar-refractivity contribution is 8.02. The second kappa shape index (κ2) is 12.3. The van der Waals surface area contributed by atoms with E-state index in [0.29, 0.717) is 19.5 Å². The lowest BCUT2D eigenvalue weighted by Crippen LogP contribution is -2.60. The first kappa shape index (κ1) is 29.9. The van der Waals surface area contributed by atoms with Crippen molar-refractivity contribution in [2.24, 2.45) is 17.8 Å². The van der Waals surface area contributed by atoms with E-state index in [1.807, 2.05) is 49.1 Å². The third kappa shape index (κ3) is 5.05. The van der Waals surface area contributed by atoms with Gasteiger partial charge in [0, 0.05) is 30.1 Å². The van der Waals surface area contributed by atoms with E-state index < -0.39 is 28.7 Å². The van der Waals surface area contributed by atoms with Crippen LogP contribution >= 0.6 is 11.8 Å². The Kier molecular flexibility index (Phi) is 9.00. The Balaban J connectivity index is 1.57. The number of nitrogens with zero attached hydrogens (tertiary/aromatic N) is 3. The van der Waals surface area contributed by atoms with Crippen LogP contribution in [0, 0.1) is 17.8 Å². The van der Waals surface area contributed by atoms with Crippen molar-refractivity contribution < 1.29 is 19.5 Å². The van der Waals surface area contributed by atoms with Gasteiger partial charge in [0.2, 0.25) is 17.7 Å². The van der Waals surface area contributed by atoms with E-state index in [2.05, 4.69) is 13.2 Å². The van der Waals surface area contributed by atoms with E-state index >= 15 is 0 Å². The summed E-state index contributed by atoms with van der Waals surface area (Å²) in [6.45, 7) is 12.4. The average Bonchev–Trinajstić information content (AvgIpc) is 3.63. The van der Waals surface area contributed by atoms with Gasteiger partial charge in [0.25, 0.3) is 0 Å². The molecule has 2 unspecified atom stereocenters. The lowest BCUT2D eigenvalue weighted by Gasteiger charge is -2.43. The molecule has 2 bridgehead atoms. The number of fused-ring (bicyclic) bond motifs is 1. The van der Waals surface area contributed by atoms with Gasteiger partial charge >= 0.3 is 0 Å². The molecule has 8 heteroatoms. The van der Waals surface area contributed by atoms with Crippen molar-refractivity contribution in [2.75, 3.05) is 24.6 Å². The highest BCUT2D eigenvalue weighted by atomic mass is 32.2. The van der Waals surface area contributed by atoms with Crippen LogP contribution in [0.3, 0.4) is 0 Å². The third-order valence-electron chi connectivity index (χ3n) is 9.84. The summed E-state index contributed by atoms with van der Waals surface area (Å²) in [5, 5.41) is 10.5. The van der Waals surface area contributed by atoms with Crippen LogP contribution in [0.2, 0.25) is 0 Å². The first-order chi connectivity index (χ1) is 19.8. The number of aliphatic hydroxyl groups is 1. The second-order valence-corrected chi connectivity index (χ2v) is 14.0. The van der Waals surface area contributed by atoms with E-state index in [0.717, 1.165) is 37.8 Å². The van der Waals surface area contributed by atoms with Gasteiger partial charge in [-0.1, -0.05) is 63.5 Å². The number of aliphatic hydroxyl groups excluding tert-OH is 1. The number of likely N-dealkylation sites (tertiary alicyclic amines) is 1. The van der Waals surface area contributed by atoms with Crippen molar-refractivity contribution in [1.82, 2.24) is 9.80 Å². The Morgan fingerprint density at radius 2 is 1.76 bits per heavy atom. The highest BCUT2D eigenvalue weighted by Gasteiger charge is 2.75. The van der Waals surface area contributed by atoms with Crippen LogP contribution in [0.4, 0.5) is 5.69 Å². The number of rotatable bonds is 11. The number of carbonyl (C=O) groups is 3. The SMILES string of the molecule is C=CCN(C(=O)[C@@H]1[C@H]2C(=O)N([C@@H](CO)C(C)C)C(C(=O)N(CC=C)C3CCCCC3)C23CC[C@H]1S3)c1ccccc1. The van der Waals surface area contributed by atoms with Crippen LogP contribution < -0.4 is 4.90 Å². The van der Waals surface area contributed by atoms with E-state index in [-0.39, 0.29) is 41.5 Å². The van der Waals surface area contributed by atoms with Crippen LogP contribution in [0.1, 0.15) is 58.8 Å². The molecular formula is C33H45N3O4S. The zero-order valence-corrected chi connectivity index (χ0v) is 25.3. The second-order valence-electron chi connectivity index (χ2n) is 12.4. The molecule has 0 radical (unpaired) electrons. The summed E-state index contributed by atoms with van der Waals surface area (Å²) in [5.41, 5.74) is 0.777. The summed E-state index contributed by atoms with van der Waals surface area (Å²) in [5.74, 6) is -1.46. The molecule has 3 amide bonds. The van der Waals surface area contributed by atoms with Crippen LogP contribution in [0.5, 0.6) is 0 Å². The number of benzene rings is 1. The number of thioether (sulfide) groups is 1. The van der Waals surface area contributed by atoms with Crippen molar-refractivity contribution in [3.63, 3.8) is 0 Å². The fourth-order valence-corrected chi connectivity index (χ4v) is 10.2. The minimum absolute atomic E-state index is 0.0286. The number of hydrogen-bond acceptors (Lipinski definition) is 5. The number of hydrogen-bond donors (Lipinski definition) is 1. The Morgan fingerprint density at radius 3 is 2.37 bits per heavy atom. The summed E-state index contributed by atoms with van der Waals surface area (Å²) in [7, 11) is 0. The Labute approximate surface area is 249 Å². The number of para-hydroxylation sites is 1. The maximum atomic E-state index is 14.8. The monoisotopic (exact) mass is 579 g/mol. The molecule has 3 aliphatic heterocycles. The van der Waals surface area contributed by atoms with Gasteiger partial charge in [-0.15, -0.1) is 24.9 Å². The molecule has 3 saturated heterocycles. The van der Waals surface area contributed by atoms with E-state index in [1.54, 1.807) is 33.7 Å². The average molecular weight is 580 g/mol. The van der Waals surface area contributed by atoms with Crippen LogP contribution in [-0.2, 0) is 14.4 Å². The fraction of sp³-hybridized carbons (Fsp3) is 0.606. The minimum Gasteiger partial charge on any atom is -0.394 e. The first-order valence-electron chi connectivity index (χ1n) is 15.3. The minimum atomic E-state index is -0.709. The van der Waals surface area contributed by atoms with Gasteiger partial charge in [-0.25, -0.2) is 0 Å². The predicted molar refractivity (Wildman–Crippen MR) is 164 cm³/mol. The van der Waals surface area contributed by atoms with Gasteiger partial charge in [0.1, 0.15) is 6.04 Å². The molecule has 5 rings (SSSR count).